The largest absolute Gasteiger partial charge is 0.380 e. The van der Waals surface area contributed by atoms with Crippen molar-refractivity contribution in [1.82, 2.24) is 9.78 Å². The summed E-state index contributed by atoms with van der Waals surface area (Å²) < 4.78 is 7.28. The zero-order valence-electron chi connectivity index (χ0n) is 12.7. The number of benzene rings is 1. The van der Waals surface area contributed by atoms with Crippen LogP contribution >= 0.6 is 0 Å². The van der Waals surface area contributed by atoms with E-state index in [1.807, 2.05) is 36.0 Å². The summed E-state index contributed by atoms with van der Waals surface area (Å²) in [6.45, 7) is 7.28. The van der Waals surface area contributed by atoms with Gasteiger partial charge in [0.2, 0.25) is 5.91 Å². The van der Waals surface area contributed by atoms with Gasteiger partial charge < -0.3 is 10.1 Å². The van der Waals surface area contributed by atoms with E-state index < -0.39 is 5.41 Å². The van der Waals surface area contributed by atoms with E-state index in [0.717, 1.165) is 23.0 Å². The molecule has 0 spiro atoms. The molecule has 0 aliphatic carbocycles. The Morgan fingerprint density at radius 2 is 2.29 bits per heavy atom. The van der Waals surface area contributed by atoms with Crippen LogP contribution in [0.2, 0.25) is 0 Å². The van der Waals surface area contributed by atoms with Gasteiger partial charge in [-0.2, -0.15) is 5.10 Å². The number of carbonyl (C=O) groups is 1. The quantitative estimate of drug-likeness (QED) is 0.944. The summed E-state index contributed by atoms with van der Waals surface area (Å²) in [6, 6.07) is 6.14. The molecule has 1 aliphatic rings. The molecule has 1 aromatic heterocycles. The highest BCUT2D eigenvalue weighted by Crippen LogP contribution is 2.30. The minimum atomic E-state index is -0.420. The molecular weight excluding hydrogens is 266 g/mol. The molecular formula is C16H21N3O2. The summed E-state index contributed by atoms with van der Waals surface area (Å²) in [5, 5.41) is 8.54. The second-order valence-electron chi connectivity index (χ2n) is 6.29. The molecule has 1 N–H and O–H groups in total. The summed E-state index contributed by atoms with van der Waals surface area (Å²) in [6.07, 6.45) is 2.78. The van der Waals surface area contributed by atoms with Crippen molar-refractivity contribution >= 4 is 22.5 Å². The number of anilines is 1. The molecule has 1 amide bonds. The average molecular weight is 287 g/mol. The van der Waals surface area contributed by atoms with Gasteiger partial charge in [0, 0.05) is 29.9 Å². The highest BCUT2D eigenvalue weighted by Gasteiger charge is 2.37. The normalized spacial score (nSPS) is 22.1. The molecule has 0 bridgehead atoms. The van der Waals surface area contributed by atoms with Crippen LogP contribution in [0.15, 0.2) is 24.4 Å². The number of hydrogen-bond donors (Lipinski definition) is 1. The van der Waals surface area contributed by atoms with E-state index in [1.54, 1.807) is 0 Å². The molecule has 1 saturated heterocycles. The molecule has 112 valence electrons. The molecule has 3 rings (SSSR count). The fraction of sp³-hybridized carbons (Fsp3) is 0.500. The van der Waals surface area contributed by atoms with Crippen LogP contribution in [-0.2, 0) is 9.53 Å². The molecule has 1 atom stereocenters. The van der Waals surface area contributed by atoms with Crippen molar-refractivity contribution in [1.29, 1.82) is 0 Å². The third-order valence-corrected chi connectivity index (χ3v) is 4.08. The Morgan fingerprint density at radius 3 is 2.95 bits per heavy atom. The van der Waals surface area contributed by atoms with Crippen molar-refractivity contribution in [2.75, 3.05) is 18.5 Å². The fourth-order valence-corrected chi connectivity index (χ4v) is 2.52. The van der Waals surface area contributed by atoms with Crippen LogP contribution in [0.25, 0.3) is 10.9 Å². The molecule has 1 fully saturated rings. The number of fused-ring (bicyclic) bond motifs is 1. The van der Waals surface area contributed by atoms with Crippen LogP contribution in [-0.4, -0.2) is 28.9 Å². The average Bonchev–Trinajstić information content (AvgIpc) is 3.05. The number of rotatable bonds is 3. The van der Waals surface area contributed by atoms with Gasteiger partial charge >= 0.3 is 0 Å². The third kappa shape index (κ3) is 2.65. The molecule has 0 saturated carbocycles. The molecule has 1 aromatic carbocycles. The zero-order valence-corrected chi connectivity index (χ0v) is 12.7. The standard InChI is InChI=1S/C16H21N3O2/c1-11(2)19-9-12-8-13(4-5-14(12)18-19)17-15(20)16(3)6-7-21-10-16/h4-5,8-9,11H,6-7,10H2,1-3H3,(H,17,20). The first-order chi connectivity index (χ1) is 9.98. The van der Waals surface area contributed by atoms with Gasteiger partial charge in [0.05, 0.1) is 17.5 Å². The summed E-state index contributed by atoms with van der Waals surface area (Å²) in [5.41, 5.74) is 1.33. The Kier molecular flexibility index (Phi) is 3.45. The van der Waals surface area contributed by atoms with Crippen LogP contribution < -0.4 is 5.32 Å². The smallest absolute Gasteiger partial charge is 0.232 e. The van der Waals surface area contributed by atoms with Crippen LogP contribution in [0.1, 0.15) is 33.2 Å². The first kappa shape index (κ1) is 14.1. The number of nitrogens with zero attached hydrogens (tertiary/aromatic N) is 2. The Hall–Kier alpha value is -1.88. The van der Waals surface area contributed by atoms with Crippen LogP contribution in [0.5, 0.6) is 0 Å². The predicted octanol–water partition coefficient (Wildman–Crippen LogP) is 2.98. The Labute approximate surface area is 124 Å². The van der Waals surface area contributed by atoms with Crippen molar-refractivity contribution < 1.29 is 9.53 Å². The first-order valence-electron chi connectivity index (χ1n) is 7.36. The maximum absolute atomic E-state index is 12.4. The van der Waals surface area contributed by atoms with Crippen molar-refractivity contribution in [3.8, 4) is 0 Å². The second-order valence-corrected chi connectivity index (χ2v) is 6.29. The van der Waals surface area contributed by atoms with Gasteiger partial charge in [-0.3, -0.25) is 9.48 Å². The Balaban J connectivity index is 1.82. The molecule has 0 radical (unpaired) electrons. The van der Waals surface area contributed by atoms with Crippen LogP contribution in [0, 0.1) is 5.41 Å². The van der Waals surface area contributed by atoms with E-state index in [-0.39, 0.29) is 5.91 Å². The van der Waals surface area contributed by atoms with Gasteiger partial charge in [0.25, 0.3) is 0 Å². The van der Waals surface area contributed by atoms with E-state index >= 15 is 0 Å². The van der Waals surface area contributed by atoms with E-state index in [9.17, 15) is 4.79 Å². The Bertz CT molecular complexity index is 669. The van der Waals surface area contributed by atoms with Crippen molar-refractivity contribution in [2.45, 2.75) is 33.2 Å². The van der Waals surface area contributed by atoms with Gasteiger partial charge in [-0.25, -0.2) is 0 Å². The second kappa shape index (κ2) is 5.15. The van der Waals surface area contributed by atoms with Crippen molar-refractivity contribution in [2.24, 2.45) is 5.41 Å². The van der Waals surface area contributed by atoms with Gasteiger partial charge in [-0.15, -0.1) is 0 Å². The summed E-state index contributed by atoms with van der Waals surface area (Å²) in [5.74, 6) is 0.0237. The molecule has 1 unspecified atom stereocenters. The highest BCUT2D eigenvalue weighted by molar-refractivity contribution is 5.97. The lowest BCUT2D eigenvalue weighted by Gasteiger charge is -2.20. The highest BCUT2D eigenvalue weighted by atomic mass is 16.5. The number of nitrogens with one attached hydrogen (secondary N) is 1. The van der Waals surface area contributed by atoms with Gasteiger partial charge in [-0.05, 0) is 45.4 Å². The van der Waals surface area contributed by atoms with E-state index in [0.29, 0.717) is 19.3 Å². The molecule has 1 aliphatic heterocycles. The summed E-state index contributed by atoms with van der Waals surface area (Å²) in [7, 11) is 0. The summed E-state index contributed by atoms with van der Waals surface area (Å²) >= 11 is 0. The van der Waals surface area contributed by atoms with Gasteiger partial charge in [0.15, 0.2) is 0 Å². The van der Waals surface area contributed by atoms with Gasteiger partial charge in [0.1, 0.15) is 0 Å². The zero-order chi connectivity index (χ0) is 15.0. The van der Waals surface area contributed by atoms with E-state index in [1.165, 1.54) is 0 Å². The topological polar surface area (TPSA) is 56.2 Å². The summed E-state index contributed by atoms with van der Waals surface area (Å²) in [4.78, 5) is 12.4. The lowest BCUT2D eigenvalue weighted by atomic mass is 9.89. The number of hydrogen-bond acceptors (Lipinski definition) is 3. The predicted molar refractivity (Wildman–Crippen MR) is 82.3 cm³/mol. The van der Waals surface area contributed by atoms with Crippen LogP contribution in [0.4, 0.5) is 5.69 Å². The van der Waals surface area contributed by atoms with E-state index in [2.05, 4.69) is 24.3 Å². The fourth-order valence-electron chi connectivity index (χ4n) is 2.52. The Morgan fingerprint density at radius 1 is 1.48 bits per heavy atom. The molecule has 2 aromatic rings. The monoisotopic (exact) mass is 287 g/mol. The SMILES string of the molecule is CC(C)n1cc2cc(NC(=O)C3(C)CCOC3)ccc2n1. The lowest BCUT2D eigenvalue weighted by Crippen LogP contribution is -2.33. The number of carbonyl (C=O) groups excluding carboxylic acids is 1. The number of amides is 1. The maximum atomic E-state index is 12.4. The lowest BCUT2D eigenvalue weighted by molar-refractivity contribution is -0.124. The minimum absolute atomic E-state index is 0.0237. The minimum Gasteiger partial charge on any atom is -0.380 e. The number of ether oxygens (including phenoxy) is 1. The maximum Gasteiger partial charge on any atom is 0.232 e. The molecule has 21 heavy (non-hydrogen) atoms. The van der Waals surface area contributed by atoms with Crippen molar-refractivity contribution in [3.63, 3.8) is 0 Å². The first-order valence-corrected chi connectivity index (χ1v) is 7.36. The molecule has 2 heterocycles. The third-order valence-electron chi connectivity index (χ3n) is 4.08. The van der Waals surface area contributed by atoms with Crippen LogP contribution in [0.3, 0.4) is 0 Å². The van der Waals surface area contributed by atoms with Gasteiger partial charge in [-0.1, -0.05) is 0 Å². The molecule has 5 nitrogen and oxygen atoms in total. The molecule has 5 heteroatoms. The number of aromatic nitrogens is 2. The van der Waals surface area contributed by atoms with Crippen molar-refractivity contribution in [3.05, 3.63) is 24.4 Å². The van der Waals surface area contributed by atoms with E-state index in [4.69, 9.17) is 4.74 Å².